The van der Waals surface area contributed by atoms with Crippen LogP contribution < -0.4 is 0 Å². The maximum Gasteiger partial charge on any atom is 0.0535 e. The van der Waals surface area contributed by atoms with Gasteiger partial charge in [-0.05, 0) is 62.1 Å². The van der Waals surface area contributed by atoms with Crippen LogP contribution in [0.25, 0.3) is 0 Å². The van der Waals surface area contributed by atoms with Gasteiger partial charge in [0.2, 0.25) is 0 Å². The molecule has 4 heteroatoms. The van der Waals surface area contributed by atoms with Crippen molar-refractivity contribution in [1.82, 2.24) is 9.88 Å². The molecule has 3 rings (SSSR count). The zero-order valence-electron chi connectivity index (χ0n) is 15.0. The van der Waals surface area contributed by atoms with Crippen LogP contribution in [0, 0.1) is 5.41 Å². The Morgan fingerprint density at radius 2 is 2.12 bits per heavy atom. The lowest BCUT2D eigenvalue weighted by molar-refractivity contribution is 0.0489. The third-order valence-corrected chi connectivity index (χ3v) is 5.33. The Morgan fingerprint density at radius 3 is 2.88 bits per heavy atom. The Balaban J connectivity index is 1.63. The first kappa shape index (κ1) is 18.4. The van der Waals surface area contributed by atoms with Gasteiger partial charge in [-0.2, -0.15) is 0 Å². The molecule has 0 radical (unpaired) electrons. The van der Waals surface area contributed by atoms with Crippen LogP contribution in [0.5, 0.6) is 0 Å². The van der Waals surface area contributed by atoms with E-state index in [1.54, 1.807) is 0 Å². The molecule has 134 valence electrons. The number of halogens is 1. The monoisotopic (exact) mass is 358 g/mol. The second kappa shape index (κ2) is 8.79. The smallest absolute Gasteiger partial charge is 0.0535 e. The maximum absolute atomic E-state index is 6.13. The van der Waals surface area contributed by atoms with Crippen LogP contribution in [0.1, 0.15) is 30.9 Å². The number of nitrogens with zero attached hydrogens (tertiary/aromatic N) is 2. The second-order valence-electron chi connectivity index (χ2n) is 7.09. The summed E-state index contributed by atoms with van der Waals surface area (Å²) in [7, 11) is 0. The van der Waals surface area contributed by atoms with Gasteiger partial charge in [-0.1, -0.05) is 29.8 Å². The molecule has 1 aliphatic heterocycles. The highest BCUT2D eigenvalue weighted by molar-refractivity contribution is 6.30. The summed E-state index contributed by atoms with van der Waals surface area (Å²) in [5.41, 5.74) is 2.83. The van der Waals surface area contributed by atoms with Gasteiger partial charge in [-0.25, -0.2) is 0 Å². The fourth-order valence-electron chi connectivity index (χ4n) is 3.73. The Bertz CT molecular complexity index is 664. The van der Waals surface area contributed by atoms with Crippen LogP contribution >= 0.6 is 11.6 Å². The molecule has 0 bridgehead atoms. The van der Waals surface area contributed by atoms with E-state index in [0.29, 0.717) is 0 Å². The summed E-state index contributed by atoms with van der Waals surface area (Å²) in [5, 5.41) is 0.820. The number of rotatable bonds is 8. The van der Waals surface area contributed by atoms with Gasteiger partial charge in [0.15, 0.2) is 0 Å². The largest absolute Gasteiger partial charge is 0.381 e. The number of hydrogen-bond acceptors (Lipinski definition) is 3. The van der Waals surface area contributed by atoms with Crippen molar-refractivity contribution in [3.8, 4) is 0 Å². The standard InChI is InChI=1S/C21H27ClN2O/c1-2-25-17-21(9-8-18-5-3-7-20(22)13-18)10-12-24(16-21)15-19-6-4-11-23-14-19/h3-7,11,13-14H,2,8-10,12,15-17H2,1H3/t21-/m1/s1. The molecule has 3 nitrogen and oxygen atoms in total. The topological polar surface area (TPSA) is 25.4 Å². The van der Waals surface area contributed by atoms with Crippen LogP contribution in [-0.4, -0.2) is 36.2 Å². The van der Waals surface area contributed by atoms with Gasteiger partial charge in [0.1, 0.15) is 0 Å². The van der Waals surface area contributed by atoms with Crippen LogP contribution in [0.15, 0.2) is 48.8 Å². The average molecular weight is 359 g/mol. The molecule has 0 N–H and O–H groups in total. The van der Waals surface area contributed by atoms with E-state index >= 15 is 0 Å². The van der Waals surface area contributed by atoms with E-state index in [0.717, 1.165) is 50.7 Å². The minimum atomic E-state index is 0.237. The molecular formula is C21H27ClN2O. The molecule has 0 amide bonds. The Hall–Kier alpha value is -1.42. The number of hydrogen-bond donors (Lipinski definition) is 0. The summed E-state index contributed by atoms with van der Waals surface area (Å²) < 4.78 is 5.87. The normalized spacial score (nSPS) is 20.9. The molecule has 1 fully saturated rings. The summed E-state index contributed by atoms with van der Waals surface area (Å²) in [6.45, 7) is 6.88. The number of aryl methyl sites for hydroxylation is 1. The van der Waals surface area contributed by atoms with E-state index in [-0.39, 0.29) is 5.41 Å². The van der Waals surface area contributed by atoms with Gasteiger partial charge in [0.05, 0.1) is 6.61 Å². The molecule has 0 saturated carbocycles. The molecule has 2 aromatic rings. The van der Waals surface area contributed by atoms with Gasteiger partial charge in [-0.15, -0.1) is 0 Å². The average Bonchev–Trinajstić information content (AvgIpc) is 3.03. The number of aromatic nitrogens is 1. The van der Waals surface area contributed by atoms with Crippen molar-refractivity contribution < 1.29 is 4.74 Å². The minimum absolute atomic E-state index is 0.237. The molecule has 1 aromatic carbocycles. The zero-order chi connectivity index (χ0) is 17.5. The van der Waals surface area contributed by atoms with E-state index in [1.165, 1.54) is 17.5 Å². The van der Waals surface area contributed by atoms with Gasteiger partial charge in [0, 0.05) is 42.5 Å². The first-order valence-electron chi connectivity index (χ1n) is 9.13. The Kier molecular flexibility index (Phi) is 6.46. The highest BCUT2D eigenvalue weighted by Crippen LogP contribution is 2.36. The SMILES string of the molecule is CCOC[C@]1(CCc2cccc(Cl)c2)CCN(Cc2cccnc2)C1. The lowest BCUT2D eigenvalue weighted by Gasteiger charge is -2.29. The molecule has 25 heavy (non-hydrogen) atoms. The quantitative estimate of drug-likeness (QED) is 0.689. The minimum Gasteiger partial charge on any atom is -0.381 e. The number of pyridine rings is 1. The highest BCUT2D eigenvalue weighted by atomic mass is 35.5. The van der Waals surface area contributed by atoms with Crippen molar-refractivity contribution in [2.45, 2.75) is 32.7 Å². The fourth-order valence-corrected chi connectivity index (χ4v) is 3.94. The van der Waals surface area contributed by atoms with Crippen LogP contribution in [0.3, 0.4) is 0 Å². The van der Waals surface area contributed by atoms with E-state index in [4.69, 9.17) is 16.3 Å². The van der Waals surface area contributed by atoms with Crippen molar-refractivity contribution in [1.29, 1.82) is 0 Å². The van der Waals surface area contributed by atoms with E-state index < -0.39 is 0 Å². The molecule has 1 aromatic heterocycles. The van der Waals surface area contributed by atoms with Gasteiger partial charge >= 0.3 is 0 Å². The molecular weight excluding hydrogens is 332 g/mol. The van der Waals surface area contributed by atoms with Crippen LogP contribution in [0.4, 0.5) is 0 Å². The lowest BCUT2D eigenvalue weighted by Crippen LogP contribution is -2.32. The van der Waals surface area contributed by atoms with E-state index in [1.807, 2.05) is 30.6 Å². The zero-order valence-corrected chi connectivity index (χ0v) is 15.7. The Morgan fingerprint density at radius 1 is 1.24 bits per heavy atom. The predicted octanol–water partition coefficient (Wildman–Crippen LogP) is 4.60. The molecule has 0 unspecified atom stereocenters. The second-order valence-corrected chi connectivity index (χ2v) is 7.53. The summed E-state index contributed by atoms with van der Waals surface area (Å²) in [6, 6.07) is 12.4. The van der Waals surface area contributed by atoms with Crippen molar-refractivity contribution in [3.63, 3.8) is 0 Å². The molecule has 2 heterocycles. The van der Waals surface area contributed by atoms with Crippen molar-refractivity contribution >= 4 is 11.6 Å². The molecule has 0 aliphatic carbocycles. The number of likely N-dealkylation sites (tertiary alicyclic amines) is 1. The molecule has 1 aliphatic rings. The highest BCUT2D eigenvalue weighted by Gasteiger charge is 2.37. The third-order valence-electron chi connectivity index (χ3n) is 5.09. The first-order chi connectivity index (χ1) is 12.2. The van der Waals surface area contributed by atoms with Crippen molar-refractivity contribution in [3.05, 3.63) is 64.9 Å². The Labute approximate surface area is 156 Å². The van der Waals surface area contributed by atoms with Crippen LogP contribution in [0.2, 0.25) is 5.02 Å². The molecule has 1 atom stereocenters. The first-order valence-corrected chi connectivity index (χ1v) is 9.50. The summed E-state index contributed by atoms with van der Waals surface area (Å²) in [5.74, 6) is 0. The third kappa shape index (κ3) is 5.27. The summed E-state index contributed by atoms with van der Waals surface area (Å²) >= 11 is 6.13. The van der Waals surface area contributed by atoms with Crippen molar-refractivity contribution in [2.24, 2.45) is 5.41 Å². The molecule has 0 spiro atoms. The molecule has 1 saturated heterocycles. The predicted molar refractivity (Wildman–Crippen MR) is 103 cm³/mol. The fraction of sp³-hybridized carbons (Fsp3) is 0.476. The lowest BCUT2D eigenvalue weighted by atomic mass is 9.82. The van der Waals surface area contributed by atoms with E-state index in [2.05, 4.69) is 35.0 Å². The van der Waals surface area contributed by atoms with Gasteiger partial charge in [-0.3, -0.25) is 9.88 Å². The van der Waals surface area contributed by atoms with Gasteiger partial charge in [0.25, 0.3) is 0 Å². The number of benzene rings is 1. The van der Waals surface area contributed by atoms with Crippen molar-refractivity contribution in [2.75, 3.05) is 26.3 Å². The van der Waals surface area contributed by atoms with Crippen LogP contribution in [-0.2, 0) is 17.7 Å². The maximum atomic E-state index is 6.13. The van der Waals surface area contributed by atoms with E-state index in [9.17, 15) is 0 Å². The number of ether oxygens (including phenoxy) is 1. The summed E-state index contributed by atoms with van der Waals surface area (Å²) in [4.78, 5) is 6.77. The van der Waals surface area contributed by atoms with Gasteiger partial charge < -0.3 is 4.74 Å². The summed E-state index contributed by atoms with van der Waals surface area (Å²) in [6.07, 6.45) is 7.17.